The Hall–Kier alpha value is -3.14. The fourth-order valence-electron chi connectivity index (χ4n) is 4.47. The van der Waals surface area contributed by atoms with Crippen molar-refractivity contribution in [3.05, 3.63) is 89.4 Å². The van der Waals surface area contributed by atoms with E-state index >= 15 is 0 Å². The van der Waals surface area contributed by atoms with E-state index in [1.807, 2.05) is 18.3 Å². The molecule has 2 unspecified atom stereocenters. The highest BCUT2D eigenvalue weighted by Crippen LogP contribution is 2.41. The molecule has 0 saturated heterocycles. The number of nitrogens with zero attached hydrogens (tertiary/aromatic N) is 1. The van der Waals surface area contributed by atoms with E-state index in [-0.39, 0.29) is 11.6 Å². The summed E-state index contributed by atoms with van der Waals surface area (Å²) in [6.45, 7) is 9.32. The van der Waals surface area contributed by atoms with E-state index in [0.717, 1.165) is 52.8 Å². The van der Waals surface area contributed by atoms with Gasteiger partial charge in [0.25, 0.3) is 0 Å². The van der Waals surface area contributed by atoms with Gasteiger partial charge in [-0.15, -0.1) is 0 Å². The molecule has 2 atom stereocenters. The SMILES string of the molecule is C=C(NCc1ccc(OC)c(F)c1)c1cc(-c2ncccc2CC)ccc1CCC1CC1C. The van der Waals surface area contributed by atoms with Crippen LogP contribution in [0.25, 0.3) is 17.0 Å². The Morgan fingerprint density at radius 2 is 2.00 bits per heavy atom. The number of benzene rings is 2. The van der Waals surface area contributed by atoms with Crippen molar-refractivity contribution in [2.75, 3.05) is 7.11 Å². The van der Waals surface area contributed by atoms with Gasteiger partial charge in [-0.3, -0.25) is 4.98 Å². The lowest BCUT2D eigenvalue weighted by Crippen LogP contribution is -2.13. The summed E-state index contributed by atoms with van der Waals surface area (Å²) in [7, 11) is 1.47. The molecular formula is C29H33FN2O. The van der Waals surface area contributed by atoms with Crippen LogP contribution in [0.2, 0.25) is 0 Å². The minimum Gasteiger partial charge on any atom is -0.494 e. The molecule has 1 aliphatic rings. The standard InChI is InChI=1S/C29H33FN2O/c1-5-22-7-6-14-31-29(22)25-12-10-23(9-11-24-15-19(24)2)26(17-25)20(3)32-18-21-8-13-28(33-4)27(30)16-21/h6-8,10,12-14,16-17,19,24,32H,3,5,9,11,15,18H2,1-2,4H3. The maximum Gasteiger partial charge on any atom is 0.165 e. The van der Waals surface area contributed by atoms with Crippen molar-refractivity contribution in [1.29, 1.82) is 0 Å². The molecule has 1 fully saturated rings. The number of hydrogen-bond donors (Lipinski definition) is 1. The van der Waals surface area contributed by atoms with Gasteiger partial charge in [-0.2, -0.15) is 0 Å². The van der Waals surface area contributed by atoms with E-state index in [4.69, 9.17) is 4.74 Å². The molecule has 0 radical (unpaired) electrons. The summed E-state index contributed by atoms with van der Waals surface area (Å²) in [5.74, 6) is 1.58. The summed E-state index contributed by atoms with van der Waals surface area (Å²) in [5, 5.41) is 3.42. The quantitative estimate of drug-likeness (QED) is 0.373. The molecule has 33 heavy (non-hydrogen) atoms. The minimum absolute atomic E-state index is 0.254. The Morgan fingerprint density at radius 3 is 2.70 bits per heavy atom. The minimum atomic E-state index is -0.356. The van der Waals surface area contributed by atoms with E-state index in [2.05, 4.69) is 55.0 Å². The van der Waals surface area contributed by atoms with Gasteiger partial charge in [-0.25, -0.2) is 4.39 Å². The molecule has 1 N–H and O–H groups in total. The Kier molecular flexibility index (Phi) is 7.12. The topological polar surface area (TPSA) is 34.1 Å². The molecule has 0 aliphatic heterocycles. The van der Waals surface area contributed by atoms with Gasteiger partial charge in [0, 0.05) is 29.6 Å². The molecule has 3 aromatic rings. The zero-order valence-corrected chi connectivity index (χ0v) is 19.8. The van der Waals surface area contributed by atoms with Crippen molar-refractivity contribution in [2.45, 2.75) is 46.1 Å². The van der Waals surface area contributed by atoms with Gasteiger partial charge in [-0.1, -0.05) is 44.7 Å². The summed E-state index contributed by atoms with van der Waals surface area (Å²) >= 11 is 0. The first kappa shape index (κ1) is 23.0. The number of aryl methyl sites for hydroxylation is 2. The zero-order chi connectivity index (χ0) is 23.4. The molecule has 1 aliphatic carbocycles. The predicted molar refractivity (Wildman–Crippen MR) is 133 cm³/mol. The molecule has 0 spiro atoms. The van der Waals surface area contributed by atoms with Crippen molar-refractivity contribution in [3.63, 3.8) is 0 Å². The first-order valence-corrected chi connectivity index (χ1v) is 11.8. The lowest BCUT2D eigenvalue weighted by atomic mass is 9.94. The average Bonchev–Trinajstić information content (AvgIpc) is 3.56. The van der Waals surface area contributed by atoms with Gasteiger partial charge in [0.05, 0.1) is 12.8 Å². The smallest absolute Gasteiger partial charge is 0.165 e. The number of hydrogen-bond acceptors (Lipinski definition) is 3. The molecule has 1 aromatic heterocycles. The molecule has 4 rings (SSSR count). The lowest BCUT2D eigenvalue weighted by molar-refractivity contribution is 0.386. The third-order valence-corrected chi connectivity index (χ3v) is 6.76. The molecule has 3 nitrogen and oxygen atoms in total. The highest BCUT2D eigenvalue weighted by atomic mass is 19.1. The van der Waals surface area contributed by atoms with Crippen LogP contribution < -0.4 is 10.1 Å². The van der Waals surface area contributed by atoms with E-state index in [9.17, 15) is 4.39 Å². The first-order valence-electron chi connectivity index (χ1n) is 11.8. The third-order valence-electron chi connectivity index (χ3n) is 6.76. The molecule has 1 saturated carbocycles. The summed E-state index contributed by atoms with van der Waals surface area (Å²) in [5.41, 5.74) is 7.46. The van der Waals surface area contributed by atoms with Gasteiger partial charge in [-0.05, 0) is 78.5 Å². The van der Waals surface area contributed by atoms with Gasteiger partial charge in [0.1, 0.15) is 0 Å². The predicted octanol–water partition coefficient (Wildman–Crippen LogP) is 6.81. The van der Waals surface area contributed by atoms with Crippen LogP contribution in [0.1, 0.15) is 48.9 Å². The first-order chi connectivity index (χ1) is 16.0. The van der Waals surface area contributed by atoms with E-state index < -0.39 is 0 Å². The maximum absolute atomic E-state index is 14.1. The van der Waals surface area contributed by atoms with Crippen LogP contribution in [-0.2, 0) is 19.4 Å². The fraction of sp³-hybridized carbons (Fsp3) is 0.345. The van der Waals surface area contributed by atoms with E-state index in [1.54, 1.807) is 6.07 Å². The Labute approximate surface area is 196 Å². The highest BCUT2D eigenvalue weighted by molar-refractivity contribution is 5.73. The summed E-state index contributed by atoms with van der Waals surface area (Å²) in [4.78, 5) is 4.66. The number of nitrogens with one attached hydrogen (secondary N) is 1. The Morgan fingerprint density at radius 1 is 1.18 bits per heavy atom. The molecule has 4 heteroatoms. The number of rotatable bonds is 10. The van der Waals surface area contributed by atoms with Gasteiger partial charge < -0.3 is 10.1 Å². The summed E-state index contributed by atoms with van der Waals surface area (Å²) in [6, 6.07) is 15.8. The second kappa shape index (κ2) is 10.2. The van der Waals surface area contributed by atoms with Gasteiger partial charge in [0.2, 0.25) is 0 Å². The monoisotopic (exact) mass is 444 g/mol. The molecule has 1 heterocycles. The van der Waals surface area contributed by atoms with E-state index in [0.29, 0.717) is 6.54 Å². The normalized spacial score (nSPS) is 17.0. The molecule has 0 bridgehead atoms. The van der Waals surface area contributed by atoms with Crippen LogP contribution in [0.15, 0.2) is 61.3 Å². The second-order valence-electron chi connectivity index (χ2n) is 9.05. The van der Waals surface area contributed by atoms with Gasteiger partial charge in [0.15, 0.2) is 11.6 Å². The fourth-order valence-corrected chi connectivity index (χ4v) is 4.47. The van der Waals surface area contributed by atoms with Crippen LogP contribution in [0, 0.1) is 17.7 Å². The van der Waals surface area contributed by atoms with Crippen molar-refractivity contribution in [1.82, 2.24) is 10.3 Å². The van der Waals surface area contributed by atoms with Crippen LogP contribution in [0.3, 0.4) is 0 Å². The number of aromatic nitrogens is 1. The molecular weight excluding hydrogens is 411 g/mol. The average molecular weight is 445 g/mol. The number of methoxy groups -OCH3 is 1. The number of ether oxygens (including phenoxy) is 1. The number of pyridine rings is 1. The van der Waals surface area contributed by atoms with Crippen molar-refractivity contribution < 1.29 is 9.13 Å². The second-order valence-corrected chi connectivity index (χ2v) is 9.05. The molecule has 0 amide bonds. The Balaban J connectivity index is 1.58. The lowest BCUT2D eigenvalue weighted by Gasteiger charge is -2.17. The van der Waals surface area contributed by atoms with Crippen LogP contribution >= 0.6 is 0 Å². The Bertz CT molecular complexity index is 1140. The molecule has 2 aromatic carbocycles. The van der Waals surface area contributed by atoms with Crippen molar-refractivity contribution in [2.24, 2.45) is 11.8 Å². The highest BCUT2D eigenvalue weighted by Gasteiger charge is 2.31. The third kappa shape index (κ3) is 5.44. The maximum atomic E-state index is 14.1. The van der Waals surface area contributed by atoms with Crippen LogP contribution in [-0.4, -0.2) is 12.1 Å². The van der Waals surface area contributed by atoms with Crippen LogP contribution in [0.4, 0.5) is 4.39 Å². The largest absolute Gasteiger partial charge is 0.494 e. The van der Waals surface area contributed by atoms with Crippen molar-refractivity contribution in [3.8, 4) is 17.0 Å². The van der Waals surface area contributed by atoms with Crippen molar-refractivity contribution >= 4 is 5.70 Å². The number of halogens is 1. The van der Waals surface area contributed by atoms with E-state index in [1.165, 1.54) is 37.1 Å². The van der Waals surface area contributed by atoms with Gasteiger partial charge >= 0.3 is 0 Å². The summed E-state index contributed by atoms with van der Waals surface area (Å²) < 4.78 is 19.1. The summed E-state index contributed by atoms with van der Waals surface area (Å²) in [6.07, 6.45) is 6.35. The molecule has 172 valence electrons. The zero-order valence-electron chi connectivity index (χ0n) is 19.8. The van der Waals surface area contributed by atoms with Crippen LogP contribution in [0.5, 0.6) is 5.75 Å².